The number of fused-ring (bicyclic) bond motifs is 1. The van der Waals surface area contributed by atoms with Gasteiger partial charge in [-0.05, 0) is 37.3 Å². The van der Waals surface area contributed by atoms with Crippen molar-refractivity contribution in [3.05, 3.63) is 70.9 Å². The molecule has 0 radical (unpaired) electrons. The van der Waals surface area contributed by atoms with Crippen LogP contribution in [0.5, 0.6) is 5.75 Å². The number of esters is 1. The van der Waals surface area contributed by atoms with Gasteiger partial charge in [-0.2, -0.15) is 0 Å². The molecule has 0 unspecified atom stereocenters. The number of hydrogen-bond donors (Lipinski definition) is 2. The van der Waals surface area contributed by atoms with E-state index in [1.165, 1.54) is 18.2 Å². The van der Waals surface area contributed by atoms with E-state index in [-0.39, 0.29) is 29.2 Å². The minimum Gasteiger partial charge on any atom is -0.485 e. The number of rotatable bonds is 8. The zero-order valence-corrected chi connectivity index (χ0v) is 16.1. The zero-order valence-electron chi connectivity index (χ0n) is 16.1. The third-order valence-electron chi connectivity index (χ3n) is 4.28. The fraction of sp³-hybridized carbons (Fsp3) is 0.182. The Hall–Kier alpha value is -3.78. The van der Waals surface area contributed by atoms with Crippen molar-refractivity contribution in [2.45, 2.75) is 6.92 Å². The van der Waals surface area contributed by atoms with Gasteiger partial charge in [0.15, 0.2) is 11.6 Å². The van der Waals surface area contributed by atoms with Gasteiger partial charge >= 0.3 is 5.97 Å². The van der Waals surface area contributed by atoms with Gasteiger partial charge in [0, 0.05) is 17.3 Å². The molecule has 8 heteroatoms. The number of anilines is 1. The second-order valence-electron chi connectivity index (χ2n) is 6.34. The standard InChI is InChI=1S/C22H19NO7/c1-2-29-22(28)13-6-8-14(9-7-13)23-17-10-18(26)16-4-3-5-19(20(16)21(17)27)30-12-15(25)11-24/h3-10,23-24H,2,11-12H2,1H3. The lowest BCUT2D eigenvalue weighted by Gasteiger charge is -2.19. The number of ether oxygens (including phenoxy) is 2. The number of allylic oxidation sites excluding steroid dienone is 2. The van der Waals surface area contributed by atoms with E-state index in [9.17, 15) is 19.2 Å². The first-order valence-corrected chi connectivity index (χ1v) is 9.18. The maximum atomic E-state index is 13.0. The van der Waals surface area contributed by atoms with Crippen molar-refractivity contribution >= 4 is 29.0 Å². The third-order valence-corrected chi connectivity index (χ3v) is 4.28. The number of aliphatic hydroxyl groups is 1. The van der Waals surface area contributed by atoms with Crippen molar-refractivity contribution in [2.24, 2.45) is 0 Å². The molecule has 2 aromatic carbocycles. The Kier molecular flexibility index (Phi) is 6.38. The molecule has 8 nitrogen and oxygen atoms in total. The van der Waals surface area contributed by atoms with Crippen molar-refractivity contribution in [3.8, 4) is 5.75 Å². The lowest BCUT2D eigenvalue weighted by molar-refractivity contribution is -0.123. The summed E-state index contributed by atoms with van der Waals surface area (Å²) in [4.78, 5) is 48.6. The molecule has 0 aliphatic heterocycles. The fourth-order valence-electron chi connectivity index (χ4n) is 2.86. The van der Waals surface area contributed by atoms with Gasteiger partial charge in [-0.1, -0.05) is 12.1 Å². The summed E-state index contributed by atoms with van der Waals surface area (Å²) in [6.45, 7) is 0.865. The van der Waals surface area contributed by atoms with E-state index in [0.29, 0.717) is 11.3 Å². The molecule has 1 aliphatic carbocycles. The average molecular weight is 409 g/mol. The number of benzene rings is 2. The van der Waals surface area contributed by atoms with Crippen LogP contribution in [0.2, 0.25) is 0 Å². The first kappa shape index (κ1) is 20.9. The zero-order chi connectivity index (χ0) is 21.7. The minimum absolute atomic E-state index is 0.0286. The normalized spacial score (nSPS) is 12.7. The van der Waals surface area contributed by atoms with Crippen molar-refractivity contribution in [1.82, 2.24) is 0 Å². The van der Waals surface area contributed by atoms with Crippen LogP contribution in [-0.4, -0.2) is 48.2 Å². The molecule has 2 N–H and O–H groups in total. The minimum atomic E-state index is -0.684. The number of aliphatic hydroxyl groups excluding tert-OH is 1. The highest BCUT2D eigenvalue weighted by Crippen LogP contribution is 2.30. The van der Waals surface area contributed by atoms with E-state index in [1.807, 2.05) is 0 Å². The first-order chi connectivity index (χ1) is 14.4. The Bertz CT molecular complexity index is 1040. The van der Waals surface area contributed by atoms with Crippen LogP contribution in [0.3, 0.4) is 0 Å². The molecule has 3 rings (SSSR count). The fourth-order valence-corrected chi connectivity index (χ4v) is 2.86. The lowest BCUT2D eigenvalue weighted by Crippen LogP contribution is -2.23. The third kappa shape index (κ3) is 4.44. The van der Waals surface area contributed by atoms with E-state index in [0.717, 1.165) is 0 Å². The molecule has 0 saturated heterocycles. The van der Waals surface area contributed by atoms with Crippen LogP contribution in [0, 0.1) is 0 Å². The van der Waals surface area contributed by atoms with Crippen LogP contribution in [0.1, 0.15) is 38.0 Å². The van der Waals surface area contributed by atoms with Crippen molar-refractivity contribution in [1.29, 1.82) is 0 Å². The van der Waals surface area contributed by atoms with E-state index in [1.54, 1.807) is 37.3 Å². The van der Waals surface area contributed by atoms with Crippen molar-refractivity contribution in [3.63, 3.8) is 0 Å². The van der Waals surface area contributed by atoms with Gasteiger partial charge < -0.3 is 19.9 Å². The molecule has 154 valence electrons. The highest BCUT2D eigenvalue weighted by molar-refractivity contribution is 6.26. The highest BCUT2D eigenvalue weighted by atomic mass is 16.5. The van der Waals surface area contributed by atoms with Crippen LogP contribution in [0.25, 0.3) is 0 Å². The number of carbonyl (C=O) groups is 4. The van der Waals surface area contributed by atoms with Gasteiger partial charge in [-0.15, -0.1) is 0 Å². The molecule has 0 aromatic heterocycles. The van der Waals surface area contributed by atoms with Crippen LogP contribution < -0.4 is 10.1 Å². The molecule has 0 spiro atoms. The Morgan fingerprint density at radius 1 is 1.07 bits per heavy atom. The maximum absolute atomic E-state index is 13.0. The number of nitrogens with one attached hydrogen (secondary N) is 1. The monoisotopic (exact) mass is 409 g/mol. The predicted octanol–water partition coefficient (Wildman–Crippen LogP) is 2.18. The topological polar surface area (TPSA) is 119 Å². The molecule has 0 atom stereocenters. The summed E-state index contributed by atoms with van der Waals surface area (Å²) in [6.07, 6.45) is 1.19. The summed E-state index contributed by atoms with van der Waals surface area (Å²) in [7, 11) is 0. The Morgan fingerprint density at radius 2 is 1.80 bits per heavy atom. The van der Waals surface area contributed by atoms with Gasteiger partial charge in [-0.3, -0.25) is 14.4 Å². The van der Waals surface area contributed by atoms with Crippen LogP contribution in [0.4, 0.5) is 5.69 Å². The molecule has 30 heavy (non-hydrogen) atoms. The van der Waals surface area contributed by atoms with Gasteiger partial charge in [0.25, 0.3) is 0 Å². The summed E-state index contributed by atoms with van der Waals surface area (Å²) in [5.74, 6) is -1.81. The quantitative estimate of drug-likeness (QED) is 0.637. The summed E-state index contributed by atoms with van der Waals surface area (Å²) in [5, 5.41) is 11.7. The molecule has 1 aliphatic rings. The molecular formula is C22H19NO7. The Morgan fingerprint density at radius 3 is 2.47 bits per heavy atom. The summed E-state index contributed by atoms with van der Waals surface area (Å²) < 4.78 is 10.3. The number of carbonyl (C=O) groups excluding carboxylic acids is 4. The summed E-state index contributed by atoms with van der Waals surface area (Å²) in [5.41, 5.74) is 1.09. The van der Waals surface area contributed by atoms with E-state index < -0.39 is 36.5 Å². The number of Topliss-reactive ketones (excluding diaryl/α,β-unsaturated/α-hetero) is 2. The largest absolute Gasteiger partial charge is 0.485 e. The predicted molar refractivity (Wildman–Crippen MR) is 107 cm³/mol. The Labute approximate surface area is 172 Å². The van der Waals surface area contributed by atoms with E-state index in [4.69, 9.17) is 14.6 Å². The van der Waals surface area contributed by atoms with Crippen LogP contribution in [0.15, 0.2) is 54.2 Å². The summed E-state index contributed by atoms with van der Waals surface area (Å²) in [6, 6.07) is 10.8. The lowest BCUT2D eigenvalue weighted by atomic mass is 9.91. The molecule has 0 amide bonds. The van der Waals surface area contributed by atoms with Gasteiger partial charge in [0.2, 0.25) is 5.78 Å². The molecule has 2 aromatic rings. The number of hydrogen-bond acceptors (Lipinski definition) is 8. The van der Waals surface area contributed by atoms with E-state index in [2.05, 4.69) is 5.32 Å². The van der Waals surface area contributed by atoms with Gasteiger partial charge in [0.1, 0.15) is 19.0 Å². The first-order valence-electron chi connectivity index (χ1n) is 9.18. The van der Waals surface area contributed by atoms with Crippen molar-refractivity contribution in [2.75, 3.05) is 25.1 Å². The van der Waals surface area contributed by atoms with E-state index >= 15 is 0 Å². The second-order valence-corrected chi connectivity index (χ2v) is 6.34. The average Bonchev–Trinajstić information content (AvgIpc) is 2.76. The van der Waals surface area contributed by atoms with Gasteiger partial charge in [0.05, 0.1) is 23.4 Å². The highest BCUT2D eigenvalue weighted by Gasteiger charge is 2.29. The molecule has 0 bridgehead atoms. The molecular weight excluding hydrogens is 390 g/mol. The maximum Gasteiger partial charge on any atom is 0.338 e. The summed E-state index contributed by atoms with van der Waals surface area (Å²) >= 11 is 0. The smallest absolute Gasteiger partial charge is 0.338 e. The molecule has 0 saturated carbocycles. The van der Waals surface area contributed by atoms with Crippen molar-refractivity contribution < 1.29 is 33.8 Å². The Balaban J connectivity index is 1.83. The van der Waals surface area contributed by atoms with Gasteiger partial charge in [-0.25, -0.2) is 4.79 Å². The van der Waals surface area contributed by atoms with Crippen LogP contribution >= 0.6 is 0 Å². The second kappa shape index (κ2) is 9.15. The molecule has 0 heterocycles. The SMILES string of the molecule is CCOC(=O)c1ccc(NC2=CC(=O)c3cccc(OCC(=O)CO)c3C2=O)cc1. The van der Waals surface area contributed by atoms with Crippen LogP contribution in [-0.2, 0) is 9.53 Å². The number of ketones is 3. The molecule has 0 fully saturated rings.